The van der Waals surface area contributed by atoms with Crippen LogP contribution in [0.15, 0.2) is 22.7 Å². The fourth-order valence-corrected chi connectivity index (χ4v) is 1.82. The van der Waals surface area contributed by atoms with Crippen LogP contribution in [0.1, 0.15) is 18.9 Å². The lowest BCUT2D eigenvalue weighted by molar-refractivity contribution is -0.143. The van der Waals surface area contributed by atoms with Crippen molar-refractivity contribution >= 4 is 21.9 Å². The molecule has 0 bridgehead atoms. The summed E-state index contributed by atoms with van der Waals surface area (Å²) in [4.78, 5) is 11.2. The van der Waals surface area contributed by atoms with Gasteiger partial charge in [0.05, 0.1) is 6.61 Å². The zero-order valence-electron chi connectivity index (χ0n) is 9.54. The molecule has 0 aromatic heterocycles. The van der Waals surface area contributed by atoms with Crippen LogP contribution in [0.3, 0.4) is 0 Å². The first-order valence-corrected chi connectivity index (χ1v) is 6.09. The van der Waals surface area contributed by atoms with E-state index in [4.69, 9.17) is 9.47 Å². The third-order valence-corrected chi connectivity index (χ3v) is 2.63. The highest BCUT2D eigenvalue weighted by atomic mass is 79.9. The molecule has 0 unspecified atom stereocenters. The molecule has 5 heteroatoms. The van der Waals surface area contributed by atoms with Crippen molar-refractivity contribution in [2.24, 2.45) is 0 Å². The molecule has 0 saturated carbocycles. The molecular weight excluding hydrogens is 291 g/mol. The minimum atomic E-state index is -0.881. The van der Waals surface area contributed by atoms with Gasteiger partial charge in [0.25, 0.3) is 0 Å². The molecule has 94 valence electrons. The van der Waals surface area contributed by atoms with Crippen LogP contribution in [0.2, 0.25) is 0 Å². The monoisotopic (exact) mass is 304 g/mol. The molecule has 0 amide bonds. The summed E-state index contributed by atoms with van der Waals surface area (Å²) in [5, 5.41) is 0. The molecule has 0 atom stereocenters. The summed E-state index contributed by atoms with van der Waals surface area (Å²) in [6, 6.07) is 5.24. The summed E-state index contributed by atoms with van der Waals surface area (Å²) in [6.07, 6.45) is 0.723. The van der Waals surface area contributed by atoms with Crippen LogP contribution in [0.4, 0.5) is 4.39 Å². The minimum absolute atomic E-state index is 0.257. The first-order valence-electron chi connectivity index (χ1n) is 5.30. The van der Waals surface area contributed by atoms with Crippen molar-refractivity contribution in [2.75, 3.05) is 13.5 Å². The van der Waals surface area contributed by atoms with Crippen molar-refractivity contribution in [3.63, 3.8) is 0 Å². The summed E-state index contributed by atoms with van der Waals surface area (Å²) in [5.74, 6) is 0.193. The summed E-state index contributed by atoms with van der Waals surface area (Å²) in [6.45, 7) is 1.24. The third-order valence-electron chi connectivity index (χ3n) is 2.14. The number of carbonyl (C=O) groups is 1. The first kappa shape index (κ1) is 14.0. The Kier molecular flexibility index (Phi) is 5.97. The van der Waals surface area contributed by atoms with Crippen molar-refractivity contribution in [1.29, 1.82) is 0 Å². The van der Waals surface area contributed by atoms with Gasteiger partial charge < -0.3 is 9.47 Å². The van der Waals surface area contributed by atoms with Crippen molar-refractivity contribution < 1.29 is 18.7 Å². The summed E-state index contributed by atoms with van der Waals surface area (Å²) < 4.78 is 22.7. The molecule has 0 radical (unpaired) electrons. The number of halogens is 2. The van der Waals surface area contributed by atoms with Gasteiger partial charge in [0.2, 0.25) is 6.86 Å². The van der Waals surface area contributed by atoms with E-state index in [1.54, 1.807) is 19.1 Å². The SMILES string of the molecule is CCOC(=O)CCc1cc(Br)ccc1OCF. The smallest absolute Gasteiger partial charge is 0.306 e. The Labute approximate surface area is 108 Å². The van der Waals surface area contributed by atoms with E-state index >= 15 is 0 Å². The van der Waals surface area contributed by atoms with Crippen LogP contribution in [0, 0.1) is 0 Å². The molecule has 1 rings (SSSR count). The number of ether oxygens (including phenoxy) is 2. The molecule has 0 spiro atoms. The average molecular weight is 305 g/mol. The number of hydrogen-bond donors (Lipinski definition) is 0. The van der Waals surface area contributed by atoms with Crippen molar-refractivity contribution in [3.8, 4) is 5.75 Å². The lowest BCUT2D eigenvalue weighted by atomic mass is 10.1. The molecule has 0 aliphatic heterocycles. The van der Waals surface area contributed by atoms with E-state index in [-0.39, 0.29) is 12.4 Å². The number of rotatable bonds is 6. The molecule has 0 aliphatic carbocycles. The van der Waals surface area contributed by atoms with Gasteiger partial charge in [0, 0.05) is 10.9 Å². The third kappa shape index (κ3) is 4.73. The van der Waals surface area contributed by atoms with Gasteiger partial charge in [-0.2, -0.15) is 0 Å². The Bertz CT molecular complexity index is 382. The number of aryl methyl sites for hydroxylation is 1. The Morgan fingerprint density at radius 2 is 2.24 bits per heavy atom. The highest BCUT2D eigenvalue weighted by Gasteiger charge is 2.08. The Hall–Kier alpha value is -1.10. The van der Waals surface area contributed by atoms with Crippen molar-refractivity contribution in [1.82, 2.24) is 0 Å². The van der Waals surface area contributed by atoms with Gasteiger partial charge in [-0.1, -0.05) is 15.9 Å². The maximum absolute atomic E-state index is 12.2. The van der Waals surface area contributed by atoms with Gasteiger partial charge in [-0.05, 0) is 37.1 Å². The standard InChI is InChI=1S/C12H14BrFO3/c1-2-16-12(15)6-3-9-7-10(13)4-5-11(9)17-8-14/h4-5,7H,2-3,6,8H2,1H3. The lowest BCUT2D eigenvalue weighted by Gasteiger charge is -2.09. The van der Waals surface area contributed by atoms with Crippen LogP contribution in [0.25, 0.3) is 0 Å². The molecule has 0 fully saturated rings. The summed E-state index contributed by atoms with van der Waals surface area (Å²) >= 11 is 3.32. The zero-order valence-corrected chi connectivity index (χ0v) is 11.1. The predicted octanol–water partition coefficient (Wildman–Crippen LogP) is 3.25. The molecule has 0 aliphatic rings. The molecule has 17 heavy (non-hydrogen) atoms. The largest absolute Gasteiger partial charge is 0.466 e. The van der Waals surface area contributed by atoms with E-state index < -0.39 is 6.86 Å². The second-order valence-corrected chi connectivity index (χ2v) is 4.23. The van der Waals surface area contributed by atoms with Gasteiger partial charge in [-0.3, -0.25) is 4.79 Å². The molecule has 3 nitrogen and oxygen atoms in total. The second kappa shape index (κ2) is 7.27. The van der Waals surface area contributed by atoms with Crippen LogP contribution < -0.4 is 4.74 Å². The number of benzene rings is 1. The topological polar surface area (TPSA) is 35.5 Å². The highest BCUT2D eigenvalue weighted by molar-refractivity contribution is 9.10. The Balaban J connectivity index is 2.67. The molecular formula is C12H14BrFO3. The molecule has 1 aromatic carbocycles. The van der Waals surface area contributed by atoms with E-state index in [1.807, 2.05) is 6.07 Å². The summed E-state index contributed by atoms with van der Waals surface area (Å²) in [7, 11) is 0. The Morgan fingerprint density at radius 3 is 2.88 bits per heavy atom. The number of hydrogen-bond acceptors (Lipinski definition) is 3. The second-order valence-electron chi connectivity index (χ2n) is 3.31. The van der Waals surface area contributed by atoms with E-state index in [9.17, 15) is 9.18 Å². The molecule has 0 saturated heterocycles. The quantitative estimate of drug-likeness (QED) is 0.757. The van der Waals surface area contributed by atoms with Crippen LogP contribution in [-0.2, 0) is 16.0 Å². The predicted molar refractivity (Wildman–Crippen MR) is 65.7 cm³/mol. The van der Waals surface area contributed by atoms with E-state index in [0.717, 1.165) is 10.0 Å². The molecule has 1 aromatic rings. The maximum atomic E-state index is 12.2. The minimum Gasteiger partial charge on any atom is -0.466 e. The lowest BCUT2D eigenvalue weighted by Crippen LogP contribution is -2.06. The molecule has 0 N–H and O–H groups in total. The van der Waals surface area contributed by atoms with Gasteiger partial charge in [0.15, 0.2) is 0 Å². The van der Waals surface area contributed by atoms with Crippen molar-refractivity contribution in [2.45, 2.75) is 19.8 Å². The average Bonchev–Trinajstić information content (AvgIpc) is 2.30. The van der Waals surface area contributed by atoms with Crippen LogP contribution in [0.5, 0.6) is 5.75 Å². The summed E-state index contributed by atoms with van der Waals surface area (Å²) in [5.41, 5.74) is 0.782. The van der Waals surface area contributed by atoms with Gasteiger partial charge in [-0.25, -0.2) is 4.39 Å². The maximum Gasteiger partial charge on any atom is 0.306 e. The normalized spacial score (nSPS) is 10.1. The number of esters is 1. The van der Waals surface area contributed by atoms with E-state index in [0.29, 0.717) is 18.8 Å². The van der Waals surface area contributed by atoms with Gasteiger partial charge >= 0.3 is 5.97 Å². The number of alkyl halides is 1. The number of carbonyl (C=O) groups excluding carboxylic acids is 1. The van der Waals surface area contributed by atoms with Crippen molar-refractivity contribution in [3.05, 3.63) is 28.2 Å². The van der Waals surface area contributed by atoms with Crippen LogP contribution in [-0.4, -0.2) is 19.4 Å². The Morgan fingerprint density at radius 1 is 1.47 bits per heavy atom. The first-order chi connectivity index (χ1) is 8.17. The fourth-order valence-electron chi connectivity index (χ4n) is 1.41. The van der Waals surface area contributed by atoms with E-state index in [2.05, 4.69) is 15.9 Å². The van der Waals surface area contributed by atoms with Gasteiger partial charge in [-0.15, -0.1) is 0 Å². The molecule has 0 heterocycles. The highest BCUT2D eigenvalue weighted by Crippen LogP contribution is 2.24. The van der Waals surface area contributed by atoms with Gasteiger partial charge in [0.1, 0.15) is 5.75 Å². The van der Waals surface area contributed by atoms with Crippen LogP contribution >= 0.6 is 15.9 Å². The fraction of sp³-hybridized carbons (Fsp3) is 0.417. The van der Waals surface area contributed by atoms with E-state index in [1.165, 1.54) is 0 Å². The zero-order chi connectivity index (χ0) is 12.7.